The Labute approximate surface area is 114 Å². The van der Waals surface area contributed by atoms with E-state index in [1.54, 1.807) is 13.1 Å². The van der Waals surface area contributed by atoms with Gasteiger partial charge in [0.2, 0.25) is 0 Å². The lowest BCUT2D eigenvalue weighted by Crippen LogP contribution is -2.19. The molecule has 0 atom stereocenters. The van der Waals surface area contributed by atoms with Crippen molar-refractivity contribution in [2.24, 2.45) is 0 Å². The van der Waals surface area contributed by atoms with Crippen molar-refractivity contribution >= 4 is 0 Å². The molecule has 0 aliphatic rings. The van der Waals surface area contributed by atoms with E-state index in [9.17, 15) is 13.2 Å². The van der Waals surface area contributed by atoms with E-state index in [1.165, 1.54) is 0 Å². The number of hydrogen-bond donors (Lipinski definition) is 0. The van der Waals surface area contributed by atoms with Crippen molar-refractivity contribution in [1.82, 2.24) is 19.7 Å². The molecule has 0 aliphatic heterocycles. The van der Waals surface area contributed by atoms with E-state index in [4.69, 9.17) is 0 Å². The molecule has 0 amide bonds. The number of hydrogen-bond acceptors (Lipinski definition) is 3. The molecule has 0 N–H and O–H groups in total. The molecule has 20 heavy (non-hydrogen) atoms. The van der Waals surface area contributed by atoms with Gasteiger partial charge in [0.05, 0.1) is 0 Å². The van der Waals surface area contributed by atoms with Gasteiger partial charge in [-0.25, -0.2) is 9.67 Å². The van der Waals surface area contributed by atoms with Gasteiger partial charge in [0.15, 0.2) is 11.6 Å². The van der Waals surface area contributed by atoms with E-state index >= 15 is 0 Å². The molecule has 0 spiro atoms. The first-order valence-corrected chi connectivity index (χ1v) is 6.24. The Morgan fingerprint density at radius 2 is 1.95 bits per heavy atom. The van der Waals surface area contributed by atoms with Crippen LogP contribution in [0, 0.1) is 13.8 Å². The molecular formula is C13H15F3N4. The molecule has 0 saturated carbocycles. The van der Waals surface area contributed by atoms with E-state index in [-0.39, 0.29) is 5.82 Å². The largest absolute Gasteiger partial charge is 0.408 e. The van der Waals surface area contributed by atoms with Crippen molar-refractivity contribution in [3.8, 4) is 11.4 Å². The van der Waals surface area contributed by atoms with Gasteiger partial charge in [0, 0.05) is 23.9 Å². The normalized spacial score (nSPS) is 11.9. The molecule has 108 valence electrons. The molecule has 2 rings (SSSR count). The van der Waals surface area contributed by atoms with Gasteiger partial charge in [0.1, 0.15) is 6.54 Å². The average molecular weight is 284 g/mol. The minimum Gasteiger partial charge on any atom is -0.261 e. The van der Waals surface area contributed by atoms with Crippen LogP contribution in [0.4, 0.5) is 13.2 Å². The predicted octanol–water partition coefficient (Wildman–Crippen LogP) is 3.08. The number of pyridine rings is 1. The Morgan fingerprint density at radius 3 is 2.50 bits per heavy atom. The van der Waals surface area contributed by atoms with Crippen LogP contribution < -0.4 is 0 Å². The van der Waals surface area contributed by atoms with Crippen LogP contribution in [0.2, 0.25) is 0 Å². The summed E-state index contributed by atoms with van der Waals surface area (Å²) < 4.78 is 38.7. The number of rotatable bonds is 3. The minimum atomic E-state index is -4.33. The Balaban J connectivity index is 2.51. The molecule has 7 heteroatoms. The van der Waals surface area contributed by atoms with E-state index in [1.807, 2.05) is 19.9 Å². The maximum Gasteiger partial charge on any atom is 0.408 e. The molecule has 0 bridgehead atoms. The molecule has 0 saturated heterocycles. The predicted molar refractivity (Wildman–Crippen MR) is 68.2 cm³/mol. The third kappa shape index (κ3) is 3.15. The number of alkyl halides is 3. The minimum absolute atomic E-state index is 0.212. The Bertz CT molecular complexity index is 617. The first kappa shape index (κ1) is 14.5. The summed E-state index contributed by atoms with van der Waals surface area (Å²) >= 11 is 0. The quantitative estimate of drug-likeness (QED) is 0.870. The van der Waals surface area contributed by atoms with Gasteiger partial charge in [0.25, 0.3) is 0 Å². The molecule has 2 aromatic rings. The first-order valence-electron chi connectivity index (χ1n) is 6.24. The highest BCUT2D eigenvalue weighted by atomic mass is 19.4. The van der Waals surface area contributed by atoms with Crippen molar-refractivity contribution in [1.29, 1.82) is 0 Å². The van der Waals surface area contributed by atoms with Crippen LogP contribution in [0.3, 0.4) is 0 Å². The molecule has 0 radical (unpaired) electrons. The second-order valence-corrected chi connectivity index (χ2v) is 4.62. The van der Waals surface area contributed by atoms with Gasteiger partial charge in [-0.05, 0) is 25.5 Å². The molecule has 2 heterocycles. The van der Waals surface area contributed by atoms with Gasteiger partial charge in [-0.2, -0.15) is 18.3 Å². The zero-order chi connectivity index (χ0) is 14.9. The van der Waals surface area contributed by atoms with Crippen LogP contribution in [0.15, 0.2) is 12.3 Å². The van der Waals surface area contributed by atoms with Crippen LogP contribution in [0.5, 0.6) is 0 Å². The topological polar surface area (TPSA) is 43.6 Å². The van der Waals surface area contributed by atoms with Crippen LogP contribution in [0.25, 0.3) is 11.4 Å². The van der Waals surface area contributed by atoms with Crippen molar-refractivity contribution < 1.29 is 13.2 Å². The van der Waals surface area contributed by atoms with Crippen LogP contribution in [-0.4, -0.2) is 25.9 Å². The monoisotopic (exact) mass is 284 g/mol. The zero-order valence-corrected chi connectivity index (χ0v) is 11.5. The van der Waals surface area contributed by atoms with Crippen molar-refractivity contribution in [3.05, 3.63) is 29.3 Å². The molecule has 2 aromatic heterocycles. The van der Waals surface area contributed by atoms with Gasteiger partial charge < -0.3 is 0 Å². The fourth-order valence-electron chi connectivity index (χ4n) is 1.95. The summed E-state index contributed by atoms with van der Waals surface area (Å²) in [5.74, 6) is 0.605. The Kier molecular flexibility index (Phi) is 3.78. The molecule has 0 aliphatic carbocycles. The Morgan fingerprint density at radius 1 is 1.25 bits per heavy atom. The van der Waals surface area contributed by atoms with Gasteiger partial charge in [-0.3, -0.25) is 4.98 Å². The van der Waals surface area contributed by atoms with Gasteiger partial charge in [-0.1, -0.05) is 6.92 Å². The standard InChI is InChI=1S/C13H15F3N4/c1-4-11-18-12(20(19-11)7-13(14,15)16)10-6-17-9(3)5-8(10)2/h5-6H,4,7H2,1-3H3. The van der Waals surface area contributed by atoms with Crippen LogP contribution in [0.1, 0.15) is 24.0 Å². The highest BCUT2D eigenvalue weighted by Gasteiger charge is 2.30. The summed E-state index contributed by atoms with van der Waals surface area (Å²) in [5, 5.41) is 3.91. The fourth-order valence-corrected chi connectivity index (χ4v) is 1.95. The summed E-state index contributed by atoms with van der Waals surface area (Å²) in [6, 6.07) is 1.81. The zero-order valence-electron chi connectivity index (χ0n) is 11.5. The van der Waals surface area contributed by atoms with E-state index in [0.29, 0.717) is 17.8 Å². The van der Waals surface area contributed by atoms with E-state index in [0.717, 1.165) is 15.9 Å². The Hall–Kier alpha value is -1.92. The third-order valence-electron chi connectivity index (χ3n) is 2.85. The second kappa shape index (κ2) is 5.22. The van der Waals surface area contributed by atoms with Gasteiger partial charge >= 0.3 is 6.18 Å². The summed E-state index contributed by atoms with van der Waals surface area (Å²) in [7, 11) is 0. The molecular weight excluding hydrogens is 269 g/mol. The van der Waals surface area contributed by atoms with Crippen LogP contribution >= 0.6 is 0 Å². The van der Waals surface area contributed by atoms with Crippen LogP contribution in [-0.2, 0) is 13.0 Å². The second-order valence-electron chi connectivity index (χ2n) is 4.62. The molecule has 0 unspecified atom stereocenters. The first-order chi connectivity index (χ1) is 9.30. The van der Waals surface area contributed by atoms with Crippen molar-refractivity contribution in [2.75, 3.05) is 0 Å². The highest BCUT2D eigenvalue weighted by molar-refractivity contribution is 5.59. The molecule has 0 aromatic carbocycles. The molecule has 4 nitrogen and oxygen atoms in total. The maximum absolute atomic E-state index is 12.6. The third-order valence-corrected chi connectivity index (χ3v) is 2.85. The summed E-state index contributed by atoms with van der Waals surface area (Å²) in [5.41, 5.74) is 2.21. The lowest BCUT2D eigenvalue weighted by Gasteiger charge is -2.10. The molecule has 0 fully saturated rings. The summed E-state index contributed by atoms with van der Waals surface area (Å²) in [4.78, 5) is 8.31. The lowest BCUT2D eigenvalue weighted by molar-refractivity contribution is -0.142. The van der Waals surface area contributed by atoms with E-state index in [2.05, 4.69) is 15.1 Å². The smallest absolute Gasteiger partial charge is 0.261 e. The lowest BCUT2D eigenvalue weighted by atomic mass is 10.1. The number of halogens is 3. The SMILES string of the molecule is CCc1nc(-c2cnc(C)cc2C)n(CC(F)(F)F)n1. The highest BCUT2D eigenvalue weighted by Crippen LogP contribution is 2.25. The fraction of sp³-hybridized carbons (Fsp3) is 0.462. The van der Waals surface area contributed by atoms with Gasteiger partial charge in [-0.15, -0.1) is 0 Å². The summed E-state index contributed by atoms with van der Waals surface area (Å²) in [6.45, 7) is 4.30. The van der Waals surface area contributed by atoms with Crippen molar-refractivity contribution in [2.45, 2.75) is 39.9 Å². The number of aromatic nitrogens is 4. The number of aryl methyl sites for hydroxylation is 3. The number of nitrogens with zero attached hydrogens (tertiary/aromatic N) is 4. The maximum atomic E-state index is 12.6. The average Bonchev–Trinajstić information content (AvgIpc) is 2.70. The van der Waals surface area contributed by atoms with E-state index < -0.39 is 12.7 Å². The summed E-state index contributed by atoms with van der Waals surface area (Å²) in [6.07, 6.45) is -2.31. The van der Waals surface area contributed by atoms with Crippen molar-refractivity contribution in [3.63, 3.8) is 0 Å².